The third-order valence-electron chi connectivity index (χ3n) is 2.40. The van der Waals surface area contributed by atoms with Crippen LogP contribution in [0.2, 0.25) is 5.28 Å². The van der Waals surface area contributed by atoms with E-state index < -0.39 is 0 Å². The second kappa shape index (κ2) is 3.31. The van der Waals surface area contributed by atoms with Gasteiger partial charge in [0.05, 0.1) is 11.9 Å². The molecule has 6 heteroatoms. The highest BCUT2D eigenvalue weighted by Gasteiger charge is 2.09. The van der Waals surface area contributed by atoms with Gasteiger partial charge in [-0.2, -0.15) is 5.10 Å². The lowest BCUT2D eigenvalue weighted by atomic mass is 10.3. The molecule has 0 spiro atoms. The van der Waals surface area contributed by atoms with E-state index in [-0.39, 0.29) is 0 Å². The number of hydrogen-bond donors (Lipinski definition) is 0. The molecular weight excluding hydrogens is 226 g/mol. The van der Waals surface area contributed by atoms with Crippen molar-refractivity contribution in [2.24, 2.45) is 7.05 Å². The standard InChI is InChI=1S/C10H8ClN5/c1-15-5-7(4-14-15)8-2-3-9-12-6-13-10(11)16(8)9/h2-6H,1H3. The first-order valence-electron chi connectivity index (χ1n) is 4.73. The van der Waals surface area contributed by atoms with E-state index in [1.165, 1.54) is 6.33 Å². The van der Waals surface area contributed by atoms with E-state index in [4.69, 9.17) is 11.6 Å². The molecular formula is C10H8ClN5. The van der Waals surface area contributed by atoms with E-state index in [1.54, 1.807) is 15.3 Å². The van der Waals surface area contributed by atoms with Crippen LogP contribution in [0.1, 0.15) is 0 Å². The number of aromatic nitrogens is 5. The molecule has 80 valence electrons. The summed E-state index contributed by atoms with van der Waals surface area (Å²) in [4.78, 5) is 8.10. The number of halogens is 1. The van der Waals surface area contributed by atoms with Gasteiger partial charge in [-0.25, -0.2) is 9.97 Å². The molecule has 3 heterocycles. The number of nitrogens with zero attached hydrogens (tertiary/aromatic N) is 5. The Morgan fingerprint density at radius 1 is 1.25 bits per heavy atom. The predicted octanol–water partition coefficient (Wildman–Crippen LogP) is 1.78. The third-order valence-corrected chi connectivity index (χ3v) is 2.67. The summed E-state index contributed by atoms with van der Waals surface area (Å²) in [5.41, 5.74) is 2.70. The van der Waals surface area contributed by atoms with Crippen molar-refractivity contribution in [2.75, 3.05) is 0 Å². The fraction of sp³-hybridized carbons (Fsp3) is 0.100. The first-order valence-corrected chi connectivity index (χ1v) is 5.10. The van der Waals surface area contributed by atoms with Crippen LogP contribution in [0.4, 0.5) is 0 Å². The summed E-state index contributed by atoms with van der Waals surface area (Å²) in [6.45, 7) is 0. The quantitative estimate of drug-likeness (QED) is 0.644. The Morgan fingerprint density at radius 2 is 2.12 bits per heavy atom. The minimum atomic E-state index is 0.397. The molecule has 3 rings (SSSR count). The van der Waals surface area contributed by atoms with Crippen molar-refractivity contribution >= 4 is 17.2 Å². The Kier molecular flexibility index (Phi) is 1.94. The number of hydrogen-bond acceptors (Lipinski definition) is 3. The molecule has 0 radical (unpaired) electrons. The van der Waals surface area contributed by atoms with Crippen LogP contribution in [0, 0.1) is 0 Å². The molecule has 0 saturated carbocycles. The van der Waals surface area contributed by atoms with Crippen molar-refractivity contribution in [2.45, 2.75) is 0 Å². The Balaban J connectivity index is 2.32. The molecule has 0 fully saturated rings. The first kappa shape index (κ1) is 9.35. The van der Waals surface area contributed by atoms with Crippen molar-refractivity contribution < 1.29 is 0 Å². The van der Waals surface area contributed by atoms with E-state index in [0.717, 1.165) is 16.9 Å². The fourth-order valence-corrected chi connectivity index (χ4v) is 1.91. The van der Waals surface area contributed by atoms with Gasteiger partial charge in [0.1, 0.15) is 12.0 Å². The minimum absolute atomic E-state index is 0.397. The van der Waals surface area contributed by atoms with Crippen molar-refractivity contribution in [1.29, 1.82) is 0 Å². The summed E-state index contributed by atoms with van der Waals surface area (Å²) in [5.74, 6) is 0. The van der Waals surface area contributed by atoms with Gasteiger partial charge in [-0.05, 0) is 23.7 Å². The van der Waals surface area contributed by atoms with Crippen molar-refractivity contribution in [3.05, 3.63) is 36.1 Å². The Bertz CT molecular complexity index is 654. The van der Waals surface area contributed by atoms with Crippen LogP contribution in [0.25, 0.3) is 16.9 Å². The average molecular weight is 234 g/mol. The molecule has 0 atom stereocenters. The van der Waals surface area contributed by atoms with Crippen molar-refractivity contribution in [1.82, 2.24) is 24.1 Å². The maximum atomic E-state index is 6.04. The summed E-state index contributed by atoms with van der Waals surface area (Å²) >= 11 is 6.04. The number of rotatable bonds is 1. The first-order chi connectivity index (χ1) is 7.75. The third kappa shape index (κ3) is 1.29. The molecule has 0 aliphatic heterocycles. The summed E-state index contributed by atoms with van der Waals surface area (Å²) < 4.78 is 3.53. The lowest BCUT2D eigenvalue weighted by Gasteiger charge is -2.00. The lowest BCUT2D eigenvalue weighted by molar-refractivity contribution is 0.768. The molecule has 16 heavy (non-hydrogen) atoms. The monoisotopic (exact) mass is 233 g/mol. The van der Waals surface area contributed by atoms with Gasteiger partial charge in [0.15, 0.2) is 0 Å². The van der Waals surface area contributed by atoms with E-state index in [1.807, 2.05) is 25.4 Å². The van der Waals surface area contributed by atoms with Gasteiger partial charge in [-0.15, -0.1) is 0 Å². The van der Waals surface area contributed by atoms with E-state index in [9.17, 15) is 0 Å². The molecule has 0 bridgehead atoms. The Labute approximate surface area is 96.3 Å². The summed E-state index contributed by atoms with van der Waals surface area (Å²) in [7, 11) is 1.87. The Hall–Kier alpha value is -1.88. The van der Waals surface area contributed by atoms with Crippen molar-refractivity contribution in [3.63, 3.8) is 0 Å². The average Bonchev–Trinajstić information content (AvgIpc) is 2.84. The van der Waals surface area contributed by atoms with Gasteiger partial charge in [0, 0.05) is 18.8 Å². The molecule has 3 aromatic rings. The van der Waals surface area contributed by atoms with Gasteiger partial charge in [-0.3, -0.25) is 9.08 Å². The highest BCUT2D eigenvalue weighted by molar-refractivity contribution is 6.28. The van der Waals surface area contributed by atoms with Crippen molar-refractivity contribution in [3.8, 4) is 11.3 Å². The second-order valence-electron chi connectivity index (χ2n) is 3.46. The van der Waals surface area contributed by atoms with Crippen LogP contribution < -0.4 is 0 Å². The van der Waals surface area contributed by atoms with E-state index in [2.05, 4.69) is 15.1 Å². The van der Waals surface area contributed by atoms with Crippen LogP contribution >= 0.6 is 11.6 Å². The number of aryl methyl sites for hydroxylation is 1. The summed E-state index contributed by atoms with van der Waals surface area (Å²) in [6, 6.07) is 3.85. The minimum Gasteiger partial charge on any atom is -0.275 e. The van der Waals surface area contributed by atoms with Gasteiger partial charge in [0.25, 0.3) is 0 Å². The number of fused-ring (bicyclic) bond motifs is 1. The molecule has 0 aliphatic carbocycles. The Morgan fingerprint density at radius 3 is 2.88 bits per heavy atom. The predicted molar refractivity (Wildman–Crippen MR) is 60.2 cm³/mol. The normalized spacial score (nSPS) is 11.1. The smallest absolute Gasteiger partial charge is 0.210 e. The zero-order chi connectivity index (χ0) is 11.1. The zero-order valence-corrected chi connectivity index (χ0v) is 9.26. The van der Waals surface area contributed by atoms with Gasteiger partial charge >= 0.3 is 0 Å². The molecule has 0 saturated heterocycles. The maximum Gasteiger partial charge on any atom is 0.210 e. The van der Waals surface area contributed by atoms with E-state index >= 15 is 0 Å². The lowest BCUT2D eigenvalue weighted by Crippen LogP contribution is -1.94. The molecule has 0 aliphatic rings. The molecule has 5 nitrogen and oxygen atoms in total. The highest BCUT2D eigenvalue weighted by Crippen LogP contribution is 2.23. The summed E-state index contributed by atoms with van der Waals surface area (Å²) in [6.07, 6.45) is 5.15. The van der Waals surface area contributed by atoms with Crippen LogP contribution in [0.15, 0.2) is 30.9 Å². The summed E-state index contributed by atoms with van der Waals surface area (Å²) in [5, 5.41) is 4.53. The van der Waals surface area contributed by atoms with Gasteiger partial charge in [0.2, 0.25) is 5.28 Å². The second-order valence-corrected chi connectivity index (χ2v) is 3.80. The van der Waals surface area contributed by atoms with Gasteiger partial charge in [-0.1, -0.05) is 0 Å². The van der Waals surface area contributed by atoms with Gasteiger partial charge < -0.3 is 0 Å². The topological polar surface area (TPSA) is 48.0 Å². The molecule has 0 amide bonds. The fourth-order valence-electron chi connectivity index (χ4n) is 1.69. The molecule has 0 N–H and O–H groups in total. The molecule has 0 aromatic carbocycles. The van der Waals surface area contributed by atoms with Crippen LogP contribution in [-0.4, -0.2) is 24.1 Å². The largest absolute Gasteiger partial charge is 0.275 e. The van der Waals surface area contributed by atoms with Crippen LogP contribution in [0.3, 0.4) is 0 Å². The van der Waals surface area contributed by atoms with E-state index in [0.29, 0.717) is 5.28 Å². The molecule has 3 aromatic heterocycles. The zero-order valence-electron chi connectivity index (χ0n) is 8.50. The maximum absolute atomic E-state index is 6.04. The van der Waals surface area contributed by atoms with Crippen LogP contribution in [0.5, 0.6) is 0 Å². The van der Waals surface area contributed by atoms with Crippen LogP contribution in [-0.2, 0) is 7.05 Å². The molecule has 0 unspecified atom stereocenters. The SMILES string of the molecule is Cn1cc(-c2ccc3ncnc(Cl)n23)cn1. The highest BCUT2D eigenvalue weighted by atomic mass is 35.5.